The summed E-state index contributed by atoms with van der Waals surface area (Å²) in [6.45, 7) is 0. The van der Waals surface area contributed by atoms with Gasteiger partial charge in [0.1, 0.15) is 5.75 Å². The summed E-state index contributed by atoms with van der Waals surface area (Å²) in [5.74, 6) is 0.722. The van der Waals surface area contributed by atoms with Crippen molar-refractivity contribution in [1.29, 1.82) is 0 Å². The molecule has 2 aromatic carbocycles. The van der Waals surface area contributed by atoms with Crippen LogP contribution in [0.3, 0.4) is 0 Å². The molecule has 0 aliphatic carbocycles. The SMILES string of the molecule is O=[PH]1Oc2ccccc2-c2ccccc21.[H+]. The van der Waals surface area contributed by atoms with Gasteiger partial charge in [0, 0.05) is 5.56 Å². The van der Waals surface area contributed by atoms with Gasteiger partial charge in [-0.15, -0.1) is 0 Å². The predicted octanol–water partition coefficient (Wildman–Crippen LogP) is 2.96. The van der Waals surface area contributed by atoms with Gasteiger partial charge in [0.15, 0.2) is 0 Å². The summed E-state index contributed by atoms with van der Waals surface area (Å²) >= 11 is 0. The molecule has 1 heterocycles. The standard InChI is InChI=1S/C12H9O2P/c13-15-12-8-4-2-6-10(12)9-5-1-3-7-11(9)14-15/h1-8,15H/p+1. The first-order valence-corrected chi connectivity index (χ1v) is 6.08. The van der Waals surface area contributed by atoms with Crippen molar-refractivity contribution in [2.75, 3.05) is 0 Å². The maximum atomic E-state index is 11.8. The highest BCUT2D eigenvalue weighted by Gasteiger charge is 2.20. The molecule has 0 bridgehead atoms. The lowest BCUT2D eigenvalue weighted by Crippen LogP contribution is -2.09. The first-order chi connectivity index (χ1) is 7.36. The number of para-hydroxylation sites is 1. The van der Waals surface area contributed by atoms with E-state index in [-0.39, 0.29) is 1.43 Å². The van der Waals surface area contributed by atoms with Crippen molar-refractivity contribution >= 4 is 13.3 Å². The van der Waals surface area contributed by atoms with Crippen LogP contribution >= 0.6 is 8.03 Å². The van der Waals surface area contributed by atoms with E-state index in [1.807, 2.05) is 48.5 Å². The van der Waals surface area contributed by atoms with E-state index in [2.05, 4.69) is 0 Å². The van der Waals surface area contributed by atoms with Gasteiger partial charge in [-0.2, -0.15) is 0 Å². The summed E-state index contributed by atoms with van der Waals surface area (Å²) in [5.41, 5.74) is 2.06. The van der Waals surface area contributed by atoms with E-state index >= 15 is 0 Å². The fourth-order valence-corrected chi connectivity index (χ4v) is 2.99. The van der Waals surface area contributed by atoms with E-state index in [9.17, 15) is 4.57 Å². The third kappa shape index (κ3) is 1.30. The quantitative estimate of drug-likeness (QED) is 0.634. The second-order valence-corrected chi connectivity index (χ2v) is 4.75. The molecule has 0 saturated heterocycles. The molecule has 1 unspecified atom stereocenters. The van der Waals surface area contributed by atoms with E-state index < -0.39 is 8.03 Å². The average Bonchev–Trinajstić information content (AvgIpc) is 2.30. The number of fused-ring (bicyclic) bond motifs is 3. The smallest absolute Gasteiger partial charge is 0.441 e. The van der Waals surface area contributed by atoms with Crippen LogP contribution < -0.4 is 9.83 Å². The zero-order valence-electron chi connectivity index (χ0n) is 8.94. The zero-order valence-corrected chi connectivity index (χ0v) is 8.94. The predicted molar refractivity (Wildman–Crippen MR) is 62.3 cm³/mol. The van der Waals surface area contributed by atoms with Gasteiger partial charge in [-0.3, -0.25) is 4.57 Å². The second kappa shape index (κ2) is 3.25. The molecule has 3 rings (SSSR count). The number of rotatable bonds is 0. The van der Waals surface area contributed by atoms with Crippen molar-refractivity contribution < 1.29 is 10.5 Å². The van der Waals surface area contributed by atoms with E-state index in [4.69, 9.17) is 4.52 Å². The summed E-state index contributed by atoms with van der Waals surface area (Å²) in [4.78, 5) is 0. The minimum atomic E-state index is -2.11. The summed E-state index contributed by atoms with van der Waals surface area (Å²) in [6.07, 6.45) is 0. The van der Waals surface area contributed by atoms with Crippen molar-refractivity contribution in [2.45, 2.75) is 0 Å². The lowest BCUT2D eigenvalue weighted by Gasteiger charge is -2.19. The van der Waals surface area contributed by atoms with Crippen molar-refractivity contribution in [1.82, 2.24) is 0 Å². The fourth-order valence-electron chi connectivity index (χ4n) is 1.83. The van der Waals surface area contributed by atoms with Crippen molar-refractivity contribution in [2.24, 2.45) is 0 Å². The first kappa shape index (κ1) is 8.75. The fraction of sp³-hybridized carbons (Fsp3) is 0. The summed E-state index contributed by atoms with van der Waals surface area (Å²) in [5, 5.41) is 0.821. The lowest BCUT2D eigenvalue weighted by atomic mass is 10.0. The van der Waals surface area contributed by atoms with Crippen molar-refractivity contribution in [3.63, 3.8) is 0 Å². The van der Waals surface area contributed by atoms with Crippen LogP contribution in [0.1, 0.15) is 1.43 Å². The molecule has 0 saturated carbocycles. The Bertz CT molecular complexity index is 554. The van der Waals surface area contributed by atoms with Crippen LogP contribution in [0, 0.1) is 0 Å². The van der Waals surface area contributed by atoms with Crippen LogP contribution in [0.5, 0.6) is 5.75 Å². The maximum absolute atomic E-state index is 11.8. The Morgan fingerprint density at radius 1 is 0.933 bits per heavy atom. The Labute approximate surface area is 89.9 Å². The molecule has 74 valence electrons. The van der Waals surface area contributed by atoms with Gasteiger partial charge in [0.25, 0.3) is 8.03 Å². The highest BCUT2D eigenvalue weighted by atomic mass is 31.1. The molecule has 2 aromatic rings. The summed E-state index contributed by atoms with van der Waals surface area (Å²) < 4.78 is 17.2. The average molecular weight is 217 g/mol. The number of hydrogen-bond donors (Lipinski definition) is 0. The van der Waals surface area contributed by atoms with Gasteiger partial charge in [0.2, 0.25) is 0 Å². The summed E-state index contributed by atoms with van der Waals surface area (Å²) in [6, 6.07) is 15.4. The minimum absolute atomic E-state index is 0. The van der Waals surface area contributed by atoms with Crippen molar-refractivity contribution in [3.05, 3.63) is 48.5 Å². The van der Waals surface area contributed by atoms with Gasteiger partial charge in [0.05, 0.1) is 5.30 Å². The maximum Gasteiger partial charge on any atom is 1.00 e. The van der Waals surface area contributed by atoms with Crippen LogP contribution in [-0.4, -0.2) is 0 Å². The monoisotopic (exact) mass is 217 g/mol. The molecule has 0 spiro atoms. The second-order valence-electron chi connectivity index (χ2n) is 3.43. The van der Waals surface area contributed by atoms with E-state index in [1.54, 1.807) is 0 Å². The molecule has 0 radical (unpaired) electrons. The van der Waals surface area contributed by atoms with Gasteiger partial charge in [-0.1, -0.05) is 36.4 Å². The Morgan fingerprint density at radius 3 is 2.47 bits per heavy atom. The normalized spacial score (nSPS) is 17.5. The third-order valence-corrected chi connectivity index (χ3v) is 3.81. The highest BCUT2D eigenvalue weighted by Crippen LogP contribution is 2.41. The van der Waals surface area contributed by atoms with Gasteiger partial charge in [-0.25, -0.2) is 0 Å². The van der Waals surface area contributed by atoms with E-state index in [0.717, 1.165) is 22.2 Å². The van der Waals surface area contributed by atoms with Crippen LogP contribution in [0.2, 0.25) is 0 Å². The Kier molecular flexibility index (Phi) is 1.90. The molecule has 1 atom stereocenters. The van der Waals surface area contributed by atoms with Crippen LogP contribution in [-0.2, 0) is 4.57 Å². The molecular formula is C12H10O2P+. The molecule has 0 N–H and O–H groups in total. The Balaban J connectivity index is 0.000000963. The highest BCUT2D eigenvalue weighted by molar-refractivity contribution is 7.49. The molecule has 15 heavy (non-hydrogen) atoms. The van der Waals surface area contributed by atoms with Crippen molar-refractivity contribution in [3.8, 4) is 16.9 Å². The van der Waals surface area contributed by atoms with Gasteiger partial charge in [-0.05, 0) is 17.7 Å². The molecule has 3 heteroatoms. The largest absolute Gasteiger partial charge is 1.00 e. The number of hydrogen-bond acceptors (Lipinski definition) is 2. The molecule has 0 fully saturated rings. The van der Waals surface area contributed by atoms with Crippen LogP contribution in [0.4, 0.5) is 0 Å². The van der Waals surface area contributed by atoms with Crippen LogP contribution in [0.15, 0.2) is 48.5 Å². The topological polar surface area (TPSA) is 26.3 Å². The van der Waals surface area contributed by atoms with E-state index in [1.165, 1.54) is 0 Å². The van der Waals surface area contributed by atoms with Crippen LogP contribution in [0.25, 0.3) is 11.1 Å². The first-order valence-electron chi connectivity index (χ1n) is 4.77. The molecule has 1 aliphatic rings. The van der Waals surface area contributed by atoms with E-state index in [0.29, 0.717) is 0 Å². The van der Waals surface area contributed by atoms with Gasteiger partial charge < -0.3 is 4.52 Å². The molecule has 0 amide bonds. The molecule has 1 aliphatic heterocycles. The Hall–Kier alpha value is -1.53. The van der Waals surface area contributed by atoms with Gasteiger partial charge >= 0.3 is 1.43 Å². The molecular weight excluding hydrogens is 207 g/mol. The molecule has 2 nitrogen and oxygen atoms in total. The minimum Gasteiger partial charge on any atom is -0.441 e. The summed E-state index contributed by atoms with van der Waals surface area (Å²) in [7, 11) is -2.11. The third-order valence-electron chi connectivity index (χ3n) is 2.53. The number of benzene rings is 2. The molecule has 0 aromatic heterocycles. The zero-order chi connectivity index (χ0) is 10.3. The lowest BCUT2D eigenvalue weighted by molar-refractivity contribution is 0.513. The Morgan fingerprint density at radius 2 is 1.60 bits per heavy atom.